The smallest absolute Gasteiger partial charge is 0.325 e. The van der Waals surface area contributed by atoms with Crippen molar-refractivity contribution in [3.05, 3.63) is 35.4 Å². The molecule has 0 aliphatic carbocycles. The van der Waals surface area contributed by atoms with Crippen molar-refractivity contribution in [2.45, 2.75) is 45.2 Å². The third-order valence-corrected chi connectivity index (χ3v) is 4.50. The first-order valence-electron chi connectivity index (χ1n) is 8.29. The van der Waals surface area contributed by atoms with Crippen LogP contribution in [0.3, 0.4) is 0 Å². The van der Waals surface area contributed by atoms with Crippen molar-refractivity contribution in [2.75, 3.05) is 6.54 Å². The van der Waals surface area contributed by atoms with Crippen LogP contribution in [0.4, 0.5) is 4.79 Å². The highest BCUT2D eigenvalue weighted by molar-refractivity contribution is 6.09. The molecule has 2 N–H and O–H groups in total. The molecule has 0 aromatic heterocycles. The van der Waals surface area contributed by atoms with E-state index in [4.69, 9.17) is 5.26 Å². The summed E-state index contributed by atoms with van der Waals surface area (Å²) < 4.78 is 0. The molecule has 0 unspecified atom stereocenters. The number of carbonyl (C=O) groups excluding carboxylic acids is 3. The molecule has 1 aromatic carbocycles. The Bertz CT molecular complexity index is 736. The van der Waals surface area contributed by atoms with Crippen molar-refractivity contribution >= 4 is 17.8 Å². The quantitative estimate of drug-likeness (QED) is 0.767. The molecule has 25 heavy (non-hydrogen) atoms. The van der Waals surface area contributed by atoms with Gasteiger partial charge in [0.25, 0.3) is 5.91 Å². The maximum Gasteiger partial charge on any atom is 0.325 e. The Morgan fingerprint density at radius 2 is 2.04 bits per heavy atom. The minimum atomic E-state index is -1.29. The monoisotopic (exact) mass is 342 g/mol. The minimum Gasteiger partial charge on any atom is -0.352 e. The standard InChI is InChI=1S/C18H22N4O3/c1-4-14(5-2)20-15(23)11-22-16(24)18(3,21-17(22)25)13-8-6-7-12(9-13)10-19/h6-9,14H,4-5,11H2,1-3H3,(H,20,23)(H,21,25)/t18-/m0/s1. The van der Waals surface area contributed by atoms with Crippen LogP contribution in [0.2, 0.25) is 0 Å². The van der Waals surface area contributed by atoms with Crippen LogP contribution >= 0.6 is 0 Å². The molecule has 0 spiro atoms. The molecule has 1 aliphatic rings. The Balaban J connectivity index is 2.19. The third-order valence-electron chi connectivity index (χ3n) is 4.50. The van der Waals surface area contributed by atoms with E-state index in [-0.39, 0.29) is 18.5 Å². The number of amides is 4. The first-order valence-corrected chi connectivity index (χ1v) is 8.29. The molecule has 0 radical (unpaired) electrons. The molecule has 1 saturated heterocycles. The highest BCUT2D eigenvalue weighted by Gasteiger charge is 2.49. The zero-order valence-electron chi connectivity index (χ0n) is 14.6. The number of urea groups is 1. The SMILES string of the molecule is CCC(CC)NC(=O)CN1C(=O)N[C@@](C)(c2cccc(C#N)c2)C1=O. The number of benzene rings is 1. The number of imide groups is 1. The lowest BCUT2D eigenvalue weighted by atomic mass is 9.91. The van der Waals surface area contributed by atoms with Gasteiger partial charge in [0.15, 0.2) is 0 Å². The van der Waals surface area contributed by atoms with E-state index in [9.17, 15) is 14.4 Å². The van der Waals surface area contributed by atoms with Crippen LogP contribution in [0.15, 0.2) is 24.3 Å². The van der Waals surface area contributed by atoms with Crippen LogP contribution in [0.25, 0.3) is 0 Å². The van der Waals surface area contributed by atoms with Crippen molar-refractivity contribution in [2.24, 2.45) is 0 Å². The fourth-order valence-electron chi connectivity index (χ4n) is 2.85. The normalized spacial score (nSPS) is 19.7. The summed E-state index contributed by atoms with van der Waals surface area (Å²) in [5.74, 6) is -0.875. The summed E-state index contributed by atoms with van der Waals surface area (Å²) in [6.07, 6.45) is 1.56. The van der Waals surface area contributed by atoms with Crippen molar-refractivity contribution < 1.29 is 14.4 Å². The fraction of sp³-hybridized carbons (Fsp3) is 0.444. The van der Waals surface area contributed by atoms with Gasteiger partial charge in [0, 0.05) is 6.04 Å². The lowest BCUT2D eigenvalue weighted by Crippen LogP contribution is -2.45. The molecule has 4 amide bonds. The zero-order valence-corrected chi connectivity index (χ0v) is 14.6. The van der Waals surface area contributed by atoms with Gasteiger partial charge in [-0.05, 0) is 37.5 Å². The molecular formula is C18H22N4O3. The van der Waals surface area contributed by atoms with E-state index in [0.29, 0.717) is 11.1 Å². The average molecular weight is 342 g/mol. The minimum absolute atomic E-state index is 0.0203. The van der Waals surface area contributed by atoms with Crippen LogP contribution in [0, 0.1) is 11.3 Å². The Morgan fingerprint density at radius 3 is 2.64 bits per heavy atom. The van der Waals surface area contributed by atoms with Crippen molar-refractivity contribution in [1.82, 2.24) is 15.5 Å². The molecule has 0 saturated carbocycles. The second kappa shape index (κ2) is 7.34. The summed E-state index contributed by atoms with van der Waals surface area (Å²) in [5.41, 5.74) is -0.391. The van der Waals surface area contributed by atoms with Gasteiger partial charge in [-0.15, -0.1) is 0 Å². The van der Waals surface area contributed by atoms with Gasteiger partial charge < -0.3 is 10.6 Å². The summed E-state index contributed by atoms with van der Waals surface area (Å²) in [7, 11) is 0. The molecule has 1 heterocycles. The van der Waals surface area contributed by atoms with Crippen molar-refractivity contribution in [3.8, 4) is 6.07 Å². The average Bonchev–Trinajstić information content (AvgIpc) is 2.83. The first-order chi connectivity index (χ1) is 11.8. The number of carbonyl (C=O) groups is 3. The molecule has 1 aromatic rings. The Morgan fingerprint density at radius 1 is 1.36 bits per heavy atom. The second-order valence-corrected chi connectivity index (χ2v) is 6.22. The van der Waals surface area contributed by atoms with E-state index in [2.05, 4.69) is 10.6 Å². The number of hydrogen-bond acceptors (Lipinski definition) is 4. The highest BCUT2D eigenvalue weighted by Crippen LogP contribution is 2.29. The maximum atomic E-state index is 12.8. The lowest BCUT2D eigenvalue weighted by molar-refractivity contribution is -0.135. The summed E-state index contributed by atoms with van der Waals surface area (Å²) in [6.45, 7) is 5.17. The van der Waals surface area contributed by atoms with Crippen LogP contribution in [-0.2, 0) is 15.1 Å². The van der Waals surface area contributed by atoms with Gasteiger partial charge in [-0.2, -0.15) is 5.26 Å². The molecule has 132 valence electrons. The van der Waals surface area contributed by atoms with Gasteiger partial charge in [-0.25, -0.2) is 4.79 Å². The van der Waals surface area contributed by atoms with Crippen LogP contribution in [-0.4, -0.2) is 35.3 Å². The fourth-order valence-corrected chi connectivity index (χ4v) is 2.85. The van der Waals surface area contributed by atoms with Gasteiger partial charge in [0.2, 0.25) is 5.91 Å². The van der Waals surface area contributed by atoms with E-state index < -0.39 is 17.5 Å². The summed E-state index contributed by atoms with van der Waals surface area (Å²) in [4.78, 5) is 38.1. The van der Waals surface area contributed by atoms with E-state index in [0.717, 1.165) is 17.7 Å². The van der Waals surface area contributed by atoms with Crippen LogP contribution in [0.1, 0.15) is 44.7 Å². The Labute approximate surface area is 147 Å². The molecule has 2 rings (SSSR count). The van der Waals surface area contributed by atoms with Crippen LogP contribution < -0.4 is 10.6 Å². The third kappa shape index (κ3) is 3.63. The van der Waals surface area contributed by atoms with Gasteiger partial charge in [0.1, 0.15) is 12.1 Å². The van der Waals surface area contributed by atoms with E-state index >= 15 is 0 Å². The zero-order chi connectivity index (χ0) is 18.6. The highest BCUT2D eigenvalue weighted by atomic mass is 16.2. The lowest BCUT2D eigenvalue weighted by Gasteiger charge is -2.22. The van der Waals surface area contributed by atoms with E-state index in [1.165, 1.54) is 0 Å². The number of nitriles is 1. The van der Waals surface area contributed by atoms with Gasteiger partial charge in [-0.3, -0.25) is 14.5 Å². The molecule has 1 fully saturated rings. The molecule has 7 heteroatoms. The van der Waals surface area contributed by atoms with E-state index in [1.54, 1.807) is 31.2 Å². The maximum absolute atomic E-state index is 12.8. The Hall–Kier alpha value is -2.88. The summed E-state index contributed by atoms with van der Waals surface area (Å²) in [6, 6.07) is 7.92. The number of hydrogen-bond donors (Lipinski definition) is 2. The molecule has 7 nitrogen and oxygen atoms in total. The number of nitrogens with one attached hydrogen (secondary N) is 2. The molecule has 1 aliphatic heterocycles. The van der Waals surface area contributed by atoms with Gasteiger partial charge in [0.05, 0.1) is 11.6 Å². The van der Waals surface area contributed by atoms with E-state index in [1.807, 2.05) is 19.9 Å². The predicted molar refractivity (Wildman–Crippen MR) is 91.3 cm³/mol. The van der Waals surface area contributed by atoms with Crippen LogP contribution in [0.5, 0.6) is 0 Å². The predicted octanol–water partition coefficient (Wildman–Crippen LogP) is 1.63. The second-order valence-electron chi connectivity index (χ2n) is 6.22. The van der Waals surface area contributed by atoms with Gasteiger partial charge >= 0.3 is 6.03 Å². The molecule has 0 bridgehead atoms. The Kier molecular flexibility index (Phi) is 5.42. The first kappa shape index (κ1) is 18.5. The topological polar surface area (TPSA) is 102 Å². The summed E-state index contributed by atoms with van der Waals surface area (Å²) in [5, 5.41) is 14.5. The van der Waals surface area contributed by atoms with Crippen molar-refractivity contribution in [3.63, 3.8) is 0 Å². The number of nitrogens with zero attached hydrogens (tertiary/aromatic N) is 2. The summed E-state index contributed by atoms with van der Waals surface area (Å²) >= 11 is 0. The molecular weight excluding hydrogens is 320 g/mol. The largest absolute Gasteiger partial charge is 0.352 e. The van der Waals surface area contributed by atoms with Gasteiger partial charge in [-0.1, -0.05) is 26.0 Å². The number of rotatable bonds is 6. The van der Waals surface area contributed by atoms with Crippen molar-refractivity contribution in [1.29, 1.82) is 5.26 Å². The molecule has 1 atom stereocenters.